The number of ether oxygens (including phenoxy) is 2. The summed E-state index contributed by atoms with van der Waals surface area (Å²) in [5.74, 6) is 0. The molecule has 1 saturated carbocycles. The van der Waals surface area contributed by atoms with E-state index in [1.54, 1.807) is 7.11 Å². The molecule has 1 fully saturated rings. The number of hydrogen-bond acceptors (Lipinski definition) is 3. The average Bonchev–Trinajstić information content (AvgIpc) is 2.41. The van der Waals surface area contributed by atoms with Gasteiger partial charge in [0.05, 0.1) is 6.61 Å². The van der Waals surface area contributed by atoms with Gasteiger partial charge < -0.3 is 14.8 Å². The van der Waals surface area contributed by atoms with Crippen LogP contribution in [0.1, 0.15) is 51.9 Å². The molecule has 1 aliphatic carbocycles. The highest BCUT2D eigenvalue weighted by atomic mass is 16.5. The predicted octanol–water partition coefficient (Wildman–Crippen LogP) is 2.99. The molecule has 1 aliphatic rings. The number of nitrogens with one attached hydrogen (secondary N) is 1. The molecule has 0 radical (unpaired) electrons. The van der Waals surface area contributed by atoms with Gasteiger partial charge in [0, 0.05) is 33.4 Å². The van der Waals surface area contributed by atoms with E-state index in [-0.39, 0.29) is 0 Å². The van der Waals surface area contributed by atoms with Gasteiger partial charge in [0.15, 0.2) is 0 Å². The summed E-state index contributed by atoms with van der Waals surface area (Å²) in [5, 5.41) is 3.57. The Morgan fingerprint density at radius 2 is 1.89 bits per heavy atom. The fourth-order valence-electron chi connectivity index (χ4n) is 3.04. The first-order valence-electron chi connectivity index (χ1n) is 7.60. The fraction of sp³-hybridized carbons (Fsp3) is 1.00. The molecule has 0 saturated heterocycles. The third-order valence-corrected chi connectivity index (χ3v) is 4.10. The summed E-state index contributed by atoms with van der Waals surface area (Å²) < 4.78 is 10.6. The van der Waals surface area contributed by atoms with E-state index < -0.39 is 0 Å². The van der Waals surface area contributed by atoms with E-state index in [1.807, 2.05) is 0 Å². The maximum Gasteiger partial charge on any atom is 0.0587 e. The van der Waals surface area contributed by atoms with Crippen LogP contribution in [0.4, 0.5) is 0 Å². The second-order valence-electron chi connectivity index (χ2n) is 5.53. The zero-order chi connectivity index (χ0) is 13.1. The third kappa shape index (κ3) is 6.17. The van der Waals surface area contributed by atoms with Crippen molar-refractivity contribution < 1.29 is 9.47 Å². The third-order valence-electron chi connectivity index (χ3n) is 4.10. The van der Waals surface area contributed by atoms with Crippen LogP contribution in [0, 0.1) is 5.41 Å². The molecule has 0 atom stereocenters. The smallest absolute Gasteiger partial charge is 0.0587 e. The summed E-state index contributed by atoms with van der Waals surface area (Å²) in [6.07, 6.45) is 9.53. The van der Waals surface area contributed by atoms with Gasteiger partial charge in [0.1, 0.15) is 0 Å². The van der Waals surface area contributed by atoms with Crippen LogP contribution < -0.4 is 5.32 Å². The van der Waals surface area contributed by atoms with Gasteiger partial charge in [0.2, 0.25) is 0 Å². The van der Waals surface area contributed by atoms with Crippen LogP contribution in [0.5, 0.6) is 0 Å². The van der Waals surface area contributed by atoms with Crippen molar-refractivity contribution in [3.05, 3.63) is 0 Å². The van der Waals surface area contributed by atoms with Crippen LogP contribution in [0.25, 0.3) is 0 Å². The molecule has 0 amide bonds. The molecule has 0 unspecified atom stereocenters. The molecule has 0 bridgehead atoms. The molecule has 3 nitrogen and oxygen atoms in total. The second kappa shape index (κ2) is 9.76. The molecule has 0 heterocycles. The molecule has 1 N–H and O–H groups in total. The van der Waals surface area contributed by atoms with Gasteiger partial charge in [-0.1, -0.05) is 19.3 Å². The lowest BCUT2D eigenvalue weighted by Crippen LogP contribution is -2.37. The minimum Gasteiger partial charge on any atom is -0.383 e. The Labute approximate surface area is 113 Å². The minimum absolute atomic E-state index is 0.531. The Hall–Kier alpha value is -0.120. The highest BCUT2D eigenvalue weighted by molar-refractivity contribution is 4.84. The second-order valence-corrected chi connectivity index (χ2v) is 5.53. The topological polar surface area (TPSA) is 30.5 Å². The maximum absolute atomic E-state index is 5.47. The Morgan fingerprint density at radius 1 is 1.11 bits per heavy atom. The van der Waals surface area contributed by atoms with Crippen molar-refractivity contribution in [3.8, 4) is 0 Å². The van der Waals surface area contributed by atoms with Gasteiger partial charge in [-0.2, -0.15) is 0 Å². The Bertz CT molecular complexity index is 177. The van der Waals surface area contributed by atoms with E-state index in [9.17, 15) is 0 Å². The lowest BCUT2D eigenvalue weighted by atomic mass is 9.71. The predicted molar refractivity (Wildman–Crippen MR) is 76.0 cm³/mol. The zero-order valence-corrected chi connectivity index (χ0v) is 12.3. The first-order chi connectivity index (χ1) is 8.83. The van der Waals surface area contributed by atoms with Crippen LogP contribution in [0.15, 0.2) is 0 Å². The Morgan fingerprint density at radius 3 is 2.56 bits per heavy atom. The van der Waals surface area contributed by atoms with Crippen LogP contribution in [0.3, 0.4) is 0 Å². The SMILES string of the molecule is CCOCCCC1(CNCCOC)CCCCC1. The molecule has 0 aromatic carbocycles. The summed E-state index contributed by atoms with van der Waals surface area (Å²) in [6, 6.07) is 0. The molecule has 0 spiro atoms. The van der Waals surface area contributed by atoms with E-state index in [1.165, 1.54) is 44.9 Å². The van der Waals surface area contributed by atoms with Crippen LogP contribution in [-0.2, 0) is 9.47 Å². The number of hydrogen-bond donors (Lipinski definition) is 1. The van der Waals surface area contributed by atoms with Gasteiger partial charge in [-0.25, -0.2) is 0 Å². The van der Waals surface area contributed by atoms with Gasteiger partial charge in [-0.05, 0) is 38.0 Å². The fourth-order valence-corrected chi connectivity index (χ4v) is 3.04. The zero-order valence-electron chi connectivity index (χ0n) is 12.3. The quantitative estimate of drug-likeness (QED) is 0.610. The van der Waals surface area contributed by atoms with E-state index >= 15 is 0 Å². The van der Waals surface area contributed by atoms with Crippen molar-refractivity contribution in [1.29, 1.82) is 0 Å². The van der Waals surface area contributed by atoms with Gasteiger partial charge >= 0.3 is 0 Å². The molecule has 0 aromatic heterocycles. The molecule has 0 aliphatic heterocycles. The highest BCUT2D eigenvalue weighted by Gasteiger charge is 2.30. The minimum atomic E-state index is 0.531. The van der Waals surface area contributed by atoms with Crippen molar-refractivity contribution >= 4 is 0 Å². The van der Waals surface area contributed by atoms with Crippen molar-refractivity contribution in [3.63, 3.8) is 0 Å². The lowest BCUT2D eigenvalue weighted by Gasteiger charge is -2.38. The Balaban J connectivity index is 2.27. The maximum atomic E-state index is 5.47. The van der Waals surface area contributed by atoms with E-state index in [4.69, 9.17) is 9.47 Å². The summed E-state index contributed by atoms with van der Waals surface area (Å²) in [4.78, 5) is 0. The van der Waals surface area contributed by atoms with E-state index in [2.05, 4.69) is 12.2 Å². The molecule has 108 valence electrons. The van der Waals surface area contributed by atoms with E-state index in [0.717, 1.165) is 32.9 Å². The monoisotopic (exact) mass is 257 g/mol. The van der Waals surface area contributed by atoms with Gasteiger partial charge in [0.25, 0.3) is 0 Å². The molecule has 18 heavy (non-hydrogen) atoms. The first kappa shape index (κ1) is 15.9. The van der Waals surface area contributed by atoms with Crippen molar-refractivity contribution in [2.75, 3.05) is 40.0 Å². The standard InChI is InChI=1S/C15H31NO2/c1-3-18-12-7-10-15(8-5-4-6-9-15)14-16-11-13-17-2/h16H,3-14H2,1-2H3. The molecular formula is C15H31NO2. The summed E-state index contributed by atoms with van der Waals surface area (Å²) in [5.41, 5.74) is 0.531. The van der Waals surface area contributed by atoms with Crippen molar-refractivity contribution in [2.45, 2.75) is 51.9 Å². The molecule has 3 heteroatoms. The average molecular weight is 257 g/mol. The van der Waals surface area contributed by atoms with E-state index in [0.29, 0.717) is 5.41 Å². The van der Waals surface area contributed by atoms with Gasteiger partial charge in [-0.15, -0.1) is 0 Å². The summed E-state index contributed by atoms with van der Waals surface area (Å²) in [7, 11) is 1.76. The molecule has 0 aromatic rings. The summed E-state index contributed by atoms with van der Waals surface area (Å²) >= 11 is 0. The molecule has 1 rings (SSSR count). The largest absolute Gasteiger partial charge is 0.383 e. The van der Waals surface area contributed by atoms with Gasteiger partial charge in [-0.3, -0.25) is 0 Å². The number of rotatable bonds is 10. The highest BCUT2D eigenvalue weighted by Crippen LogP contribution is 2.39. The number of methoxy groups -OCH3 is 1. The molecular weight excluding hydrogens is 226 g/mol. The van der Waals surface area contributed by atoms with Crippen LogP contribution >= 0.6 is 0 Å². The lowest BCUT2D eigenvalue weighted by molar-refractivity contribution is 0.107. The summed E-state index contributed by atoms with van der Waals surface area (Å²) in [6.45, 7) is 6.79. The van der Waals surface area contributed by atoms with Crippen molar-refractivity contribution in [2.24, 2.45) is 5.41 Å². The normalized spacial score (nSPS) is 19.0. The Kier molecular flexibility index (Phi) is 8.64. The van der Waals surface area contributed by atoms with Crippen LogP contribution in [-0.4, -0.2) is 40.0 Å². The van der Waals surface area contributed by atoms with Crippen LogP contribution in [0.2, 0.25) is 0 Å². The van der Waals surface area contributed by atoms with Crippen molar-refractivity contribution in [1.82, 2.24) is 5.32 Å². The first-order valence-corrected chi connectivity index (χ1v) is 7.60.